The predicted octanol–water partition coefficient (Wildman–Crippen LogP) is 3.98. The highest BCUT2D eigenvalue weighted by Gasteiger charge is 2.30. The summed E-state index contributed by atoms with van der Waals surface area (Å²) in [6.07, 6.45) is -3.38. The quantitative estimate of drug-likeness (QED) is 0.772. The number of aldehydes is 1. The molecule has 0 aliphatic rings. The summed E-state index contributed by atoms with van der Waals surface area (Å²) in [6, 6.07) is 5.41. The first-order chi connectivity index (χ1) is 8.84. The van der Waals surface area contributed by atoms with Gasteiger partial charge in [0.05, 0.1) is 5.56 Å². The molecule has 5 heteroatoms. The maximum atomic E-state index is 12.7. The van der Waals surface area contributed by atoms with E-state index in [4.69, 9.17) is 0 Å². The van der Waals surface area contributed by atoms with Gasteiger partial charge < -0.3 is 9.36 Å². The number of alkyl halides is 3. The minimum Gasteiger partial charge on any atom is -0.342 e. The van der Waals surface area contributed by atoms with Gasteiger partial charge >= 0.3 is 6.18 Å². The molecule has 2 rings (SSSR count). The number of nitrogens with zero attached hydrogens (tertiary/aromatic N) is 1. The summed E-state index contributed by atoms with van der Waals surface area (Å²) in [5.41, 5.74) is 0.790. The zero-order chi connectivity index (χ0) is 14.2. The molecule has 0 aliphatic carbocycles. The average molecular weight is 269 g/mol. The monoisotopic (exact) mass is 269 g/mol. The van der Waals surface area contributed by atoms with Crippen LogP contribution in [0.25, 0.3) is 10.9 Å². The number of halogens is 3. The van der Waals surface area contributed by atoms with E-state index >= 15 is 0 Å². The number of fused-ring (bicyclic) bond motifs is 1. The third-order valence-corrected chi connectivity index (χ3v) is 3.05. The Labute approximate surface area is 108 Å². The van der Waals surface area contributed by atoms with E-state index < -0.39 is 11.7 Å². The Morgan fingerprint density at radius 3 is 2.47 bits per heavy atom. The molecule has 102 valence electrons. The molecule has 0 radical (unpaired) electrons. The molecule has 1 aromatic heterocycles. The second kappa shape index (κ2) is 4.72. The first-order valence-electron chi connectivity index (χ1n) is 5.99. The topological polar surface area (TPSA) is 22.0 Å². The highest BCUT2D eigenvalue weighted by atomic mass is 19.4. The van der Waals surface area contributed by atoms with Crippen molar-refractivity contribution in [1.82, 2.24) is 4.57 Å². The maximum Gasteiger partial charge on any atom is 0.416 e. The van der Waals surface area contributed by atoms with Gasteiger partial charge in [0, 0.05) is 29.1 Å². The van der Waals surface area contributed by atoms with Gasteiger partial charge in [0.1, 0.15) is 6.29 Å². The lowest BCUT2D eigenvalue weighted by molar-refractivity contribution is -0.137. The van der Waals surface area contributed by atoms with Gasteiger partial charge in [-0.1, -0.05) is 0 Å². The van der Waals surface area contributed by atoms with Crippen molar-refractivity contribution in [3.05, 3.63) is 35.5 Å². The number of rotatable bonds is 3. The minimum atomic E-state index is -4.35. The van der Waals surface area contributed by atoms with Crippen molar-refractivity contribution in [3.8, 4) is 0 Å². The molecule has 0 saturated heterocycles. The summed E-state index contributed by atoms with van der Waals surface area (Å²) in [7, 11) is 0. The number of carbonyl (C=O) groups is 1. The molecule has 0 atom stereocenters. The fraction of sp³-hybridized carbons (Fsp3) is 0.357. The molecule has 0 fully saturated rings. The Hall–Kier alpha value is -1.78. The summed E-state index contributed by atoms with van der Waals surface area (Å²) < 4.78 is 39.9. The van der Waals surface area contributed by atoms with E-state index in [0.717, 1.165) is 29.6 Å². The number of carbonyl (C=O) groups excluding carboxylic acids is 1. The van der Waals surface area contributed by atoms with Crippen LogP contribution in [0.4, 0.5) is 13.2 Å². The molecule has 0 amide bonds. The van der Waals surface area contributed by atoms with Crippen LogP contribution >= 0.6 is 0 Å². The van der Waals surface area contributed by atoms with E-state index in [-0.39, 0.29) is 12.5 Å². The summed E-state index contributed by atoms with van der Waals surface area (Å²) in [5.74, 6) is 0. The SMILES string of the molecule is CC(C)n1c(CC=O)cc2cc(C(F)(F)F)ccc21. The smallest absolute Gasteiger partial charge is 0.342 e. The third-order valence-electron chi connectivity index (χ3n) is 3.05. The van der Waals surface area contributed by atoms with E-state index in [1.807, 2.05) is 18.4 Å². The van der Waals surface area contributed by atoms with E-state index in [1.165, 1.54) is 6.07 Å². The normalized spacial score (nSPS) is 12.3. The van der Waals surface area contributed by atoms with E-state index in [1.54, 1.807) is 6.07 Å². The average Bonchev–Trinajstić information content (AvgIpc) is 2.65. The molecule has 0 unspecified atom stereocenters. The number of benzene rings is 1. The first-order valence-corrected chi connectivity index (χ1v) is 5.99. The van der Waals surface area contributed by atoms with Crippen LogP contribution in [0.3, 0.4) is 0 Å². The fourth-order valence-electron chi connectivity index (χ4n) is 2.32. The van der Waals surface area contributed by atoms with Gasteiger partial charge in [-0.25, -0.2) is 0 Å². The van der Waals surface area contributed by atoms with Gasteiger partial charge in [0.25, 0.3) is 0 Å². The molecule has 0 bridgehead atoms. The molecule has 1 aromatic carbocycles. The summed E-state index contributed by atoms with van der Waals surface area (Å²) in [5, 5.41) is 0.514. The van der Waals surface area contributed by atoms with Crippen LogP contribution < -0.4 is 0 Å². The van der Waals surface area contributed by atoms with Gasteiger partial charge in [0.15, 0.2) is 0 Å². The first kappa shape index (κ1) is 13.6. The van der Waals surface area contributed by atoms with Gasteiger partial charge in [-0.2, -0.15) is 13.2 Å². The van der Waals surface area contributed by atoms with Gasteiger partial charge in [-0.3, -0.25) is 0 Å². The molecular weight excluding hydrogens is 255 g/mol. The molecule has 0 aliphatic heterocycles. The summed E-state index contributed by atoms with van der Waals surface area (Å²) in [6.45, 7) is 3.87. The second-order valence-electron chi connectivity index (χ2n) is 4.74. The van der Waals surface area contributed by atoms with Crippen molar-refractivity contribution in [2.24, 2.45) is 0 Å². The molecule has 2 aromatic rings. The standard InChI is InChI=1S/C14H14F3NO/c1-9(2)18-12(5-6-19)8-10-7-11(14(15,16)17)3-4-13(10)18/h3-4,6-9H,5H2,1-2H3. The minimum absolute atomic E-state index is 0.0872. The summed E-state index contributed by atoms with van der Waals surface area (Å²) in [4.78, 5) is 10.7. The lowest BCUT2D eigenvalue weighted by atomic mass is 10.1. The van der Waals surface area contributed by atoms with Crippen LogP contribution in [0.2, 0.25) is 0 Å². The number of hydrogen-bond donors (Lipinski definition) is 0. The van der Waals surface area contributed by atoms with Gasteiger partial charge in [0.2, 0.25) is 0 Å². The van der Waals surface area contributed by atoms with Gasteiger partial charge in [-0.15, -0.1) is 0 Å². The van der Waals surface area contributed by atoms with Crippen molar-refractivity contribution >= 4 is 17.2 Å². The number of hydrogen-bond acceptors (Lipinski definition) is 1. The zero-order valence-electron chi connectivity index (χ0n) is 10.7. The van der Waals surface area contributed by atoms with Crippen LogP contribution in [0.1, 0.15) is 31.1 Å². The maximum absolute atomic E-state index is 12.7. The Morgan fingerprint density at radius 1 is 1.26 bits per heavy atom. The van der Waals surface area contributed by atoms with Gasteiger partial charge in [-0.05, 0) is 38.1 Å². The van der Waals surface area contributed by atoms with Crippen LogP contribution in [0.5, 0.6) is 0 Å². The van der Waals surface area contributed by atoms with Crippen molar-refractivity contribution in [1.29, 1.82) is 0 Å². The Bertz CT molecular complexity index is 611. The van der Waals surface area contributed by atoms with Crippen molar-refractivity contribution in [2.45, 2.75) is 32.5 Å². The molecule has 1 heterocycles. The van der Waals surface area contributed by atoms with Crippen LogP contribution in [-0.4, -0.2) is 10.9 Å². The Morgan fingerprint density at radius 2 is 1.95 bits per heavy atom. The molecule has 0 N–H and O–H groups in total. The molecule has 0 spiro atoms. The lowest BCUT2D eigenvalue weighted by Crippen LogP contribution is -2.06. The van der Waals surface area contributed by atoms with E-state index in [0.29, 0.717) is 5.39 Å². The fourth-order valence-corrected chi connectivity index (χ4v) is 2.32. The highest BCUT2D eigenvalue weighted by molar-refractivity contribution is 5.83. The molecule has 2 nitrogen and oxygen atoms in total. The van der Waals surface area contributed by atoms with E-state index in [9.17, 15) is 18.0 Å². The van der Waals surface area contributed by atoms with Crippen LogP contribution in [0.15, 0.2) is 24.3 Å². The van der Waals surface area contributed by atoms with Crippen LogP contribution in [-0.2, 0) is 17.4 Å². The van der Waals surface area contributed by atoms with Crippen LogP contribution in [0, 0.1) is 0 Å². The highest BCUT2D eigenvalue weighted by Crippen LogP contribution is 2.33. The van der Waals surface area contributed by atoms with Crippen molar-refractivity contribution in [2.75, 3.05) is 0 Å². The molecule has 19 heavy (non-hydrogen) atoms. The largest absolute Gasteiger partial charge is 0.416 e. The molecular formula is C14H14F3NO. The lowest BCUT2D eigenvalue weighted by Gasteiger charge is -2.14. The predicted molar refractivity (Wildman–Crippen MR) is 67.1 cm³/mol. The van der Waals surface area contributed by atoms with Crippen molar-refractivity contribution in [3.63, 3.8) is 0 Å². The number of aromatic nitrogens is 1. The zero-order valence-corrected chi connectivity index (χ0v) is 10.7. The Kier molecular flexibility index (Phi) is 3.39. The van der Waals surface area contributed by atoms with E-state index in [2.05, 4.69) is 0 Å². The summed E-state index contributed by atoms with van der Waals surface area (Å²) >= 11 is 0. The van der Waals surface area contributed by atoms with Crippen molar-refractivity contribution < 1.29 is 18.0 Å². The third kappa shape index (κ3) is 2.50. The Balaban J connectivity index is 2.65. The second-order valence-corrected chi connectivity index (χ2v) is 4.74. The molecule has 0 saturated carbocycles.